The highest BCUT2D eigenvalue weighted by Gasteiger charge is 2.12. The van der Waals surface area contributed by atoms with Crippen molar-refractivity contribution in [1.82, 2.24) is 9.90 Å². The summed E-state index contributed by atoms with van der Waals surface area (Å²) in [5.41, 5.74) is 5.50. The molecule has 0 aliphatic carbocycles. The molecule has 0 aliphatic rings. The summed E-state index contributed by atoms with van der Waals surface area (Å²) in [6.45, 7) is 7.94. The Morgan fingerprint density at radius 2 is 0.926 bits per heavy atom. The predicted octanol–water partition coefficient (Wildman–Crippen LogP) is 11.9. The zero-order valence-electron chi connectivity index (χ0n) is 31.6. The number of nitrogens with one attached hydrogen (secondary N) is 1. The number of aromatic nitrogens is 3. The van der Waals surface area contributed by atoms with Gasteiger partial charge in [-0.2, -0.15) is 5.10 Å². The fraction of sp³-hybridized carbons (Fsp3) is 0.104. The van der Waals surface area contributed by atoms with Gasteiger partial charge in [-0.3, -0.25) is 4.79 Å². The topological polar surface area (TPSA) is 67.5 Å². The lowest BCUT2D eigenvalue weighted by atomic mass is 9.97. The minimum atomic E-state index is 0.0187. The number of fused-ring (bicyclic) bond motifs is 1. The molecule has 272 valence electrons. The van der Waals surface area contributed by atoms with Crippen molar-refractivity contribution in [3.63, 3.8) is 0 Å². The first kappa shape index (κ1) is 40.0. The lowest BCUT2D eigenvalue weighted by Crippen LogP contribution is -2.14. The van der Waals surface area contributed by atoms with Crippen molar-refractivity contribution >= 4 is 16.8 Å². The summed E-state index contributed by atoms with van der Waals surface area (Å²) in [6, 6.07) is 62.1. The SMILES string of the molecule is CC.Cc1ccc(C)c(C(=O)c2ccc(Oc3ccc(Oc4ccccc4)cc3)cc2)c1.Cn1nc2ccccc2[nH+]1.c1ccccc1.c1ccccc1. The molecule has 8 aromatic rings. The predicted molar refractivity (Wildman–Crippen MR) is 220 cm³/mol. The molecule has 7 aromatic carbocycles. The van der Waals surface area contributed by atoms with Crippen LogP contribution in [0.15, 0.2) is 194 Å². The molecule has 1 aromatic heterocycles. The normalized spacial score (nSPS) is 9.65. The Bertz CT molecular complexity index is 2100. The maximum absolute atomic E-state index is 12.8. The van der Waals surface area contributed by atoms with Crippen LogP contribution in [0.1, 0.15) is 40.9 Å². The number of aryl methyl sites for hydroxylation is 3. The summed E-state index contributed by atoms with van der Waals surface area (Å²) < 4.78 is 11.7. The fourth-order valence-corrected chi connectivity index (χ4v) is 4.93. The first-order chi connectivity index (χ1) is 26.4. The van der Waals surface area contributed by atoms with Gasteiger partial charge in [0.2, 0.25) is 5.52 Å². The summed E-state index contributed by atoms with van der Waals surface area (Å²) >= 11 is 0. The summed E-state index contributed by atoms with van der Waals surface area (Å²) in [4.78, 5) is 14.5. The largest absolute Gasteiger partial charge is 0.457 e. The molecule has 0 aliphatic heterocycles. The molecular formula is C48H48N3O3+. The Morgan fingerprint density at radius 3 is 1.41 bits per heavy atom. The van der Waals surface area contributed by atoms with Crippen molar-refractivity contribution in [3.05, 3.63) is 216 Å². The molecule has 54 heavy (non-hydrogen) atoms. The molecule has 0 saturated carbocycles. The van der Waals surface area contributed by atoms with Crippen molar-refractivity contribution in [2.75, 3.05) is 0 Å². The number of aromatic amines is 1. The van der Waals surface area contributed by atoms with Crippen LogP contribution in [0.2, 0.25) is 0 Å². The van der Waals surface area contributed by atoms with Crippen LogP contribution < -0.4 is 14.6 Å². The monoisotopic (exact) mass is 714 g/mol. The molecule has 1 N–H and O–H groups in total. The van der Waals surface area contributed by atoms with Crippen LogP contribution in [0, 0.1) is 13.8 Å². The molecule has 0 unspecified atom stereocenters. The van der Waals surface area contributed by atoms with E-state index in [2.05, 4.69) is 10.2 Å². The van der Waals surface area contributed by atoms with Gasteiger partial charge in [0.15, 0.2) is 11.3 Å². The number of nitrogens with zero attached hydrogens (tertiary/aromatic N) is 2. The third-order valence-electron chi connectivity index (χ3n) is 7.57. The molecule has 0 fully saturated rings. The third kappa shape index (κ3) is 13.4. The van der Waals surface area contributed by atoms with Crippen molar-refractivity contribution in [3.8, 4) is 23.0 Å². The second-order valence-electron chi connectivity index (χ2n) is 11.7. The Morgan fingerprint density at radius 1 is 0.519 bits per heavy atom. The average molecular weight is 715 g/mol. The maximum Gasteiger partial charge on any atom is 0.248 e. The van der Waals surface area contributed by atoms with Gasteiger partial charge in [-0.05, 0) is 98.3 Å². The number of ether oxygens (including phenoxy) is 2. The van der Waals surface area contributed by atoms with Crippen molar-refractivity contribution in [2.45, 2.75) is 27.7 Å². The van der Waals surface area contributed by atoms with Crippen LogP contribution in [0.5, 0.6) is 23.0 Å². The van der Waals surface area contributed by atoms with E-state index in [0.717, 1.165) is 39.2 Å². The highest BCUT2D eigenvalue weighted by molar-refractivity contribution is 6.10. The average Bonchev–Trinajstić information content (AvgIpc) is 3.63. The van der Waals surface area contributed by atoms with E-state index in [4.69, 9.17) is 9.47 Å². The molecular weight excluding hydrogens is 667 g/mol. The summed E-state index contributed by atoms with van der Waals surface area (Å²) in [6.07, 6.45) is 0. The summed E-state index contributed by atoms with van der Waals surface area (Å²) in [5.74, 6) is 2.91. The Labute approximate surface area is 319 Å². The molecule has 6 nitrogen and oxygen atoms in total. The van der Waals surface area contributed by atoms with Gasteiger partial charge in [-0.15, -0.1) is 0 Å². The second-order valence-corrected chi connectivity index (χ2v) is 11.7. The molecule has 0 radical (unpaired) electrons. The molecule has 1 heterocycles. The van der Waals surface area contributed by atoms with Gasteiger partial charge in [0.25, 0.3) is 0 Å². The minimum absolute atomic E-state index is 0.0187. The molecule has 0 amide bonds. The number of H-pyrrole nitrogens is 1. The van der Waals surface area contributed by atoms with Crippen LogP contribution in [0.25, 0.3) is 11.0 Å². The smallest absolute Gasteiger partial charge is 0.248 e. The van der Waals surface area contributed by atoms with Crippen LogP contribution in [-0.4, -0.2) is 15.7 Å². The molecule has 0 atom stereocenters. The number of benzene rings is 7. The van der Waals surface area contributed by atoms with Gasteiger partial charge >= 0.3 is 0 Å². The highest BCUT2D eigenvalue weighted by Crippen LogP contribution is 2.27. The number of rotatable bonds is 6. The van der Waals surface area contributed by atoms with Gasteiger partial charge in [0.1, 0.15) is 23.0 Å². The van der Waals surface area contributed by atoms with E-state index in [-0.39, 0.29) is 5.78 Å². The second kappa shape index (κ2) is 22.2. The number of ketones is 1. The van der Waals surface area contributed by atoms with Crippen LogP contribution in [0.4, 0.5) is 0 Å². The van der Waals surface area contributed by atoms with E-state index in [1.807, 2.05) is 217 Å². The van der Waals surface area contributed by atoms with Crippen LogP contribution >= 0.6 is 0 Å². The zero-order chi connectivity index (χ0) is 38.4. The van der Waals surface area contributed by atoms with E-state index in [0.29, 0.717) is 17.1 Å². The molecule has 0 spiro atoms. The van der Waals surface area contributed by atoms with Crippen molar-refractivity contribution < 1.29 is 19.4 Å². The first-order valence-corrected chi connectivity index (χ1v) is 18.0. The lowest BCUT2D eigenvalue weighted by Gasteiger charge is -2.09. The van der Waals surface area contributed by atoms with Crippen molar-refractivity contribution in [1.29, 1.82) is 0 Å². The standard InChI is InChI=1S/C27H22O3.C7H7N3.2C6H6.C2H6/c1-19-8-9-20(2)26(18-19)27(28)21-10-12-23(13-11-21)30-25-16-14-24(15-17-25)29-22-6-4-3-5-7-22;1-10-8-6-4-2-3-5-7(6)9-10;2*1-2-4-6-5-3-1;1-2/h3-18H,1-2H3;2-5H,1H3;2*1-6H;1-2H3/p+1. The number of hydrogen-bond acceptors (Lipinski definition) is 4. The van der Waals surface area contributed by atoms with Gasteiger partial charge in [-0.25, -0.2) is 0 Å². The molecule has 8 rings (SSSR count). The maximum atomic E-state index is 12.8. The fourth-order valence-electron chi connectivity index (χ4n) is 4.93. The zero-order valence-corrected chi connectivity index (χ0v) is 31.6. The number of carbonyl (C=O) groups is 1. The van der Waals surface area contributed by atoms with E-state index >= 15 is 0 Å². The summed E-state index contributed by atoms with van der Waals surface area (Å²) in [7, 11) is 1.88. The van der Waals surface area contributed by atoms with E-state index in [1.54, 1.807) is 16.9 Å². The number of hydrogen-bond donors (Lipinski definition) is 0. The quantitative estimate of drug-likeness (QED) is 0.161. The number of carbonyl (C=O) groups excluding carboxylic acids is 1. The third-order valence-corrected chi connectivity index (χ3v) is 7.57. The first-order valence-electron chi connectivity index (χ1n) is 18.0. The molecule has 0 bridgehead atoms. The van der Waals surface area contributed by atoms with Gasteiger partial charge < -0.3 is 9.47 Å². The summed E-state index contributed by atoms with van der Waals surface area (Å²) in [5, 5.41) is 7.24. The number of para-hydroxylation sites is 2. The van der Waals surface area contributed by atoms with E-state index in [1.165, 1.54) is 0 Å². The van der Waals surface area contributed by atoms with Gasteiger partial charge in [0, 0.05) is 16.2 Å². The van der Waals surface area contributed by atoms with Gasteiger partial charge in [0.05, 0.1) is 7.05 Å². The van der Waals surface area contributed by atoms with E-state index in [9.17, 15) is 4.79 Å². The lowest BCUT2D eigenvalue weighted by molar-refractivity contribution is -0.466. The van der Waals surface area contributed by atoms with Crippen LogP contribution in [-0.2, 0) is 7.05 Å². The highest BCUT2D eigenvalue weighted by atomic mass is 16.5. The molecule has 6 heteroatoms. The van der Waals surface area contributed by atoms with Gasteiger partial charge in [-0.1, -0.05) is 139 Å². The van der Waals surface area contributed by atoms with E-state index < -0.39 is 0 Å². The molecule has 0 saturated heterocycles. The Hall–Kier alpha value is -6.79. The Balaban J connectivity index is 0.000000216. The Kier molecular flexibility index (Phi) is 16.4. The minimum Gasteiger partial charge on any atom is -0.457 e. The van der Waals surface area contributed by atoms with Crippen molar-refractivity contribution in [2.24, 2.45) is 7.05 Å². The van der Waals surface area contributed by atoms with Crippen LogP contribution in [0.3, 0.4) is 0 Å².